The average molecular weight is 767 g/mol. The number of aryl methyl sites for hydroxylation is 1. The van der Waals surface area contributed by atoms with E-state index < -0.39 is 109 Å². The maximum atomic E-state index is 13.5. The Morgan fingerprint density at radius 3 is 1.94 bits per heavy atom. The summed E-state index contributed by atoms with van der Waals surface area (Å²) in [5.74, 6) is -7.29. The first-order chi connectivity index (χ1) is 25.1. The third-order valence-corrected chi connectivity index (χ3v) is 8.24. The number of rotatable bonds is 21. The number of phenols is 1. The van der Waals surface area contributed by atoms with Crippen molar-refractivity contribution < 1.29 is 58.7 Å². The van der Waals surface area contributed by atoms with Crippen LogP contribution in [0.1, 0.15) is 79.7 Å². The fourth-order valence-electron chi connectivity index (χ4n) is 5.06. The molecule has 0 aliphatic rings. The van der Waals surface area contributed by atoms with Crippen LogP contribution in [0.3, 0.4) is 0 Å². The number of imide groups is 1. The minimum absolute atomic E-state index is 0.00166. The highest BCUT2D eigenvalue weighted by atomic mass is 16.6. The number of nitrogens with one attached hydrogen (secondary N) is 4. The van der Waals surface area contributed by atoms with Gasteiger partial charge in [0.2, 0.25) is 23.6 Å². The Bertz CT molecular complexity index is 1430. The number of carbonyl (C=O) groups is 7. The van der Waals surface area contributed by atoms with Crippen molar-refractivity contribution in [2.24, 2.45) is 17.6 Å². The van der Waals surface area contributed by atoms with Crippen molar-refractivity contribution in [2.75, 3.05) is 19.8 Å². The Balaban J connectivity index is 3.18. The van der Waals surface area contributed by atoms with Crippen molar-refractivity contribution in [1.82, 2.24) is 26.2 Å². The predicted octanol–water partition coefficient (Wildman–Crippen LogP) is -0.0935. The molecule has 0 heterocycles. The summed E-state index contributed by atoms with van der Waals surface area (Å²) in [6.07, 6.45) is 1.33. The summed E-state index contributed by atoms with van der Waals surface area (Å²) in [7, 11) is 0. The van der Waals surface area contributed by atoms with Crippen LogP contribution in [-0.2, 0) is 39.9 Å². The Kier molecular flexibility index (Phi) is 19.6. The molecular formula is C36H58N6O12. The highest BCUT2D eigenvalue weighted by Gasteiger charge is 2.39. The molecule has 54 heavy (non-hydrogen) atoms. The van der Waals surface area contributed by atoms with Gasteiger partial charge in [-0.15, -0.1) is 0 Å². The van der Waals surface area contributed by atoms with E-state index in [0.29, 0.717) is 24.2 Å². The van der Waals surface area contributed by atoms with E-state index in [0.717, 1.165) is 12.0 Å². The summed E-state index contributed by atoms with van der Waals surface area (Å²) in [5.41, 5.74) is 5.42. The van der Waals surface area contributed by atoms with Gasteiger partial charge < -0.3 is 52.2 Å². The first-order valence-electron chi connectivity index (χ1n) is 17.8. The van der Waals surface area contributed by atoms with Gasteiger partial charge in [-0.1, -0.05) is 32.4 Å². The average Bonchev–Trinajstić information content (AvgIpc) is 3.08. The van der Waals surface area contributed by atoms with Crippen LogP contribution in [0.2, 0.25) is 0 Å². The van der Waals surface area contributed by atoms with E-state index in [2.05, 4.69) is 21.3 Å². The summed E-state index contributed by atoms with van der Waals surface area (Å²) < 4.78 is 5.34. The number of unbranched alkanes of at least 4 members (excludes halogenated alkanes) is 2. The van der Waals surface area contributed by atoms with Crippen molar-refractivity contribution >= 4 is 41.6 Å². The van der Waals surface area contributed by atoms with Crippen molar-refractivity contribution in [3.05, 3.63) is 29.8 Å². The van der Waals surface area contributed by atoms with E-state index in [4.69, 9.17) is 10.5 Å². The quantitative estimate of drug-likeness (QED) is 0.0741. The maximum absolute atomic E-state index is 13.5. The van der Waals surface area contributed by atoms with E-state index in [1.54, 1.807) is 38.1 Å². The van der Waals surface area contributed by atoms with Gasteiger partial charge >= 0.3 is 12.1 Å². The largest absolute Gasteiger partial charge is 0.508 e. The van der Waals surface area contributed by atoms with Crippen molar-refractivity contribution in [1.29, 1.82) is 0 Å². The summed E-state index contributed by atoms with van der Waals surface area (Å²) in [4.78, 5) is 91.2. The van der Waals surface area contributed by atoms with Gasteiger partial charge in [0, 0.05) is 18.9 Å². The van der Waals surface area contributed by atoms with Gasteiger partial charge in [-0.25, -0.2) is 14.5 Å². The predicted molar refractivity (Wildman–Crippen MR) is 195 cm³/mol. The molecule has 0 saturated carbocycles. The lowest BCUT2D eigenvalue weighted by Crippen LogP contribution is -2.60. The fourth-order valence-corrected chi connectivity index (χ4v) is 5.06. The molecule has 1 aromatic rings. The number of amides is 6. The number of aliphatic carboxylic acids is 1. The third kappa shape index (κ3) is 16.1. The molecule has 6 atom stereocenters. The smallest absolute Gasteiger partial charge is 0.417 e. The lowest BCUT2D eigenvalue weighted by molar-refractivity contribution is -0.144. The Morgan fingerprint density at radius 1 is 0.815 bits per heavy atom. The number of aromatic hydroxyl groups is 1. The van der Waals surface area contributed by atoms with Crippen LogP contribution < -0.4 is 27.0 Å². The molecule has 0 aliphatic heterocycles. The van der Waals surface area contributed by atoms with Gasteiger partial charge in [0.05, 0.1) is 13.2 Å². The number of nitrogens with two attached hydrogens (primary N) is 1. The van der Waals surface area contributed by atoms with Gasteiger partial charge in [0.25, 0.3) is 5.91 Å². The van der Waals surface area contributed by atoms with Crippen LogP contribution in [0.15, 0.2) is 24.3 Å². The molecule has 10 N–H and O–H groups in total. The van der Waals surface area contributed by atoms with Crippen molar-refractivity contribution in [3.63, 3.8) is 0 Å². The topological polar surface area (TPSA) is 287 Å². The molecule has 0 fully saturated rings. The normalized spacial score (nSPS) is 14.7. The number of hydrogen-bond donors (Lipinski definition) is 9. The molecule has 0 aliphatic carbocycles. The number of carboxylic acid groups (broad SMARTS) is 1. The lowest BCUT2D eigenvalue weighted by Gasteiger charge is -2.32. The lowest BCUT2D eigenvalue weighted by atomic mass is 9.97. The van der Waals surface area contributed by atoms with Crippen LogP contribution in [0, 0.1) is 11.8 Å². The zero-order chi connectivity index (χ0) is 41.3. The van der Waals surface area contributed by atoms with Crippen molar-refractivity contribution in [3.8, 4) is 5.75 Å². The van der Waals surface area contributed by atoms with Gasteiger partial charge in [-0.05, 0) is 77.5 Å². The number of carboxylic acids is 1. The summed E-state index contributed by atoms with van der Waals surface area (Å²) in [6, 6.07) is -0.421. The molecule has 0 saturated heterocycles. The minimum atomic E-state index is -1.57. The molecule has 1 rings (SSSR count). The third-order valence-electron chi connectivity index (χ3n) is 8.24. The van der Waals surface area contributed by atoms with Gasteiger partial charge in [-0.3, -0.25) is 24.0 Å². The molecule has 0 radical (unpaired) electrons. The Labute approximate surface area is 315 Å². The molecule has 0 aromatic heterocycles. The first-order valence-corrected chi connectivity index (χ1v) is 17.8. The van der Waals surface area contributed by atoms with E-state index in [9.17, 15) is 54.0 Å². The van der Waals surface area contributed by atoms with Gasteiger partial charge in [0.1, 0.15) is 41.6 Å². The number of phenolic OH excluding ortho intramolecular Hbond substituents is 1. The molecule has 1 aromatic carbocycles. The van der Waals surface area contributed by atoms with Crippen LogP contribution in [-0.4, -0.2) is 122 Å². The molecule has 6 amide bonds. The fraction of sp³-hybridized carbons (Fsp3) is 0.639. The standard InChI is InChI=1S/C36H58N6O12/c1-20(2)28(34(51)52)41-32(49)29(40-27(46)12-10-8-9-11-23-13-15-25(45)16-14-23)24(18-43)17-38-30(47)22(4)42(35(53)54-36(5,6)7)33(50)21(3)39-31(48)26(37)19-44/h13-16,20-22,24,26,28-29,43-45H,8-12,17-19,37H2,1-7H3,(H,38,47)(H,39,48)(H,40,46)(H,41,49)(H,51,52)/t21-,22-,24?,26-,28-,29-/m0/s1. The van der Waals surface area contributed by atoms with Crippen molar-refractivity contribution in [2.45, 2.75) is 116 Å². The molecular weight excluding hydrogens is 708 g/mol. The van der Waals surface area contributed by atoms with E-state index in [1.807, 2.05) is 0 Å². The molecule has 0 bridgehead atoms. The van der Waals surface area contributed by atoms with Crippen LogP contribution in [0.4, 0.5) is 4.79 Å². The van der Waals surface area contributed by atoms with E-state index >= 15 is 0 Å². The first kappa shape index (κ1) is 47.2. The summed E-state index contributed by atoms with van der Waals surface area (Å²) in [5, 5.41) is 48.3. The molecule has 18 nitrogen and oxygen atoms in total. The second-order valence-corrected chi connectivity index (χ2v) is 14.4. The SMILES string of the molecule is CC(C)[C@H](NC(=O)[C@@H](NC(=O)CCCCCc1ccc(O)cc1)C(CO)CNC(=O)[C@H](C)N(C(=O)OC(C)(C)C)C(=O)[C@H](C)NC(=O)[C@@H](N)CO)C(=O)O. The van der Waals surface area contributed by atoms with Gasteiger partial charge in [-0.2, -0.15) is 0 Å². The zero-order valence-electron chi connectivity index (χ0n) is 32.1. The number of carbonyl (C=O) groups excluding carboxylic acids is 6. The molecule has 0 spiro atoms. The molecule has 18 heteroatoms. The van der Waals surface area contributed by atoms with Crippen LogP contribution >= 0.6 is 0 Å². The van der Waals surface area contributed by atoms with Crippen LogP contribution in [0.25, 0.3) is 0 Å². The van der Waals surface area contributed by atoms with Crippen LogP contribution in [0.5, 0.6) is 5.75 Å². The minimum Gasteiger partial charge on any atom is -0.508 e. The molecule has 304 valence electrons. The number of benzene rings is 1. The number of ether oxygens (including phenoxy) is 1. The summed E-state index contributed by atoms with van der Waals surface area (Å²) >= 11 is 0. The highest BCUT2D eigenvalue weighted by Crippen LogP contribution is 2.16. The summed E-state index contributed by atoms with van der Waals surface area (Å²) in [6.45, 7) is 8.21. The maximum Gasteiger partial charge on any atom is 0.417 e. The second kappa shape index (κ2) is 22.4. The Morgan fingerprint density at radius 2 is 1.43 bits per heavy atom. The van der Waals surface area contributed by atoms with E-state index in [1.165, 1.54) is 34.6 Å². The second-order valence-electron chi connectivity index (χ2n) is 14.4. The Hall–Kier alpha value is -4.81. The zero-order valence-corrected chi connectivity index (χ0v) is 32.1. The number of aliphatic hydroxyl groups is 2. The van der Waals surface area contributed by atoms with E-state index in [-0.39, 0.29) is 12.2 Å². The number of aliphatic hydroxyl groups excluding tert-OH is 2. The highest BCUT2D eigenvalue weighted by molar-refractivity contribution is 6.01. The monoisotopic (exact) mass is 766 g/mol. The number of nitrogens with zero attached hydrogens (tertiary/aromatic N) is 1. The van der Waals surface area contributed by atoms with Gasteiger partial charge in [0.15, 0.2) is 0 Å². The molecule has 1 unspecified atom stereocenters. The number of hydrogen-bond acceptors (Lipinski definition) is 12.